The molecule has 0 aliphatic heterocycles. The van der Waals surface area contributed by atoms with Crippen LogP contribution in [0.15, 0.2) is 18.2 Å². The number of hydrogen-bond acceptors (Lipinski definition) is 2. The van der Waals surface area contributed by atoms with E-state index in [-0.39, 0.29) is 5.78 Å². The molecule has 1 aromatic carbocycles. The Balaban J connectivity index is 2.33. The Labute approximate surface area is 96.3 Å². The maximum Gasteiger partial charge on any atom is 0.194 e. The highest BCUT2D eigenvalue weighted by atomic mass is 16.3. The molecule has 2 rings (SSSR count). The van der Waals surface area contributed by atoms with E-state index >= 15 is 0 Å². The Bertz CT molecular complexity index is 394. The number of carbonyl (C=O) groups is 1. The molecule has 0 saturated heterocycles. The van der Waals surface area contributed by atoms with Crippen molar-refractivity contribution in [3.8, 4) is 0 Å². The molecule has 1 aliphatic carbocycles. The van der Waals surface area contributed by atoms with E-state index in [4.69, 9.17) is 0 Å². The average Bonchev–Trinajstić information content (AvgIpc) is 2.64. The third-order valence-electron chi connectivity index (χ3n) is 3.34. The SMILES string of the molecule is Cc1cc(C)cc(C(=O)C2(O)CCCC2)c1. The van der Waals surface area contributed by atoms with Gasteiger partial charge in [0.05, 0.1) is 0 Å². The molecular formula is C14H18O2. The maximum absolute atomic E-state index is 12.2. The van der Waals surface area contributed by atoms with Crippen molar-refractivity contribution in [2.24, 2.45) is 0 Å². The fourth-order valence-electron chi connectivity index (χ4n) is 2.56. The third-order valence-corrected chi connectivity index (χ3v) is 3.34. The van der Waals surface area contributed by atoms with Crippen LogP contribution in [0, 0.1) is 13.8 Å². The van der Waals surface area contributed by atoms with Crippen molar-refractivity contribution in [3.05, 3.63) is 34.9 Å². The largest absolute Gasteiger partial charge is 0.382 e. The van der Waals surface area contributed by atoms with E-state index in [1.54, 1.807) is 0 Å². The molecule has 1 fully saturated rings. The monoisotopic (exact) mass is 218 g/mol. The molecule has 0 unspecified atom stereocenters. The van der Waals surface area contributed by atoms with Gasteiger partial charge < -0.3 is 5.11 Å². The Morgan fingerprint density at radius 1 is 1.12 bits per heavy atom. The van der Waals surface area contributed by atoms with Crippen molar-refractivity contribution in [1.82, 2.24) is 0 Å². The molecule has 16 heavy (non-hydrogen) atoms. The summed E-state index contributed by atoms with van der Waals surface area (Å²) in [5.41, 5.74) is 1.71. The molecule has 2 heteroatoms. The van der Waals surface area contributed by atoms with E-state index in [1.165, 1.54) is 0 Å². The van der Waals surface area contributed by atoms with Gasteiger partial charge in [-0.2, -0.15) is 0 Å². The fourth-order valence-corrected chi connectivity index (χ4v) is 2.56. The van der Waals surface area contributed by atoms with E-state index in [0.29, 0.717) is 18.4 Å². The fraction of sp³-hybridized carbons (Fsp3) is 0.500. The summed E-state index contributed by atoms with van der Waals surface area (Å²) in [4.78, 5) is 12.2. The van der Waals surface area contributed by atoms with Crippen molar-refractivity contribution in [2.75, 3.05) is 0 Å². The second-order valence-electron chi connectivity index (χ2n) is 4.94. The van der Waals surface area contributed by atoms with Crippen molar-refractivity contribution >= 4 is 5.78 Å². The van der Waals surface area contributed by atoms with Gasteiger partial charge in [-0.3, -0.25) is 4.79 Å². The molecule has 0 aromatic heterocycles. The number of hydrogen-bond donors (Lipinski definition) is 1. The maximum atomic E-state index is 12.2. The van der Waals surface area contributed by atoms with Crippen molar-refractivity contribution in [1.29, 1.82) is 0 Å². The smallest absolute Gasteiger partial charge is 0.194 e. The summed E-state index contributed by atoms with van der Waals surface area (Å²) in [6, 6.07) is 5.77. The molecule has 0 heterocycles. The van der Waals surface area contributed by atoms with E-state index in [1.807, 2.05) is 32.0 Å². The minimum absolute atomic E-state index is 0.100. The first-order valence-electron chi connectivity index (χ1n) is 5.87. The molecule has 1 N–H and O–H groups in total. The van der Waals surface area contributed by atoms with Crippen LogP contribution in [0.2, 0.25) is 0 Å². The van der Waals surface area contributed by atoms with Crippen molar-refractivity contribution in [2.45, 2.75) is 45.1 Å². The summed E-state index contributed by atoms with van der Waals surface area (Å²) in [6.45, 7) is 3.95. The number of benzene rings is 1. The molecule has 1 aromatic rings. The Morgan fingerprint density at radius 2 is 1.62 bits per heavy atom. The molecule has 0 spiro atoms. The normalized spacial score (nSPS) is 18.7. The summed E-state index contributed by atoms with van der Waals surface area (Å²) in [7, 11) is 0. The summed E-state index contributed by atoms with van der Waals surface area (Å²) in [6.07, 6.45) is 3.12. The van der Waals surface area contributed by atoms with Gasteiger partial charge in [0.25, 0.3) is 0 Å². The predicted octanol–water partition coefficient (Wildman–Crippen LogP) is 2.79. The quantitative estimate of drug-likeness (QED) is 0.775. The van der Waals surface area contributed by atoms with Gasteiger partial charge in [-0.15, -0.1) is 0 Å². The van der Waals surface area contributed by atoms with Gasteiger partial charge in [0.1, 0.15) is 5.60 Å². The van der Waals surface area contributed by atoms with E-state index in [0.717, 1.165) is 24.0 Å². The number of ketones is 1. The topological polar surface area (TPSA) is 37.3 Å². The number of aryl methyl sites for hydroxylation is 2. The molecule has 0 amide bonds. The second-order valence-corrected chi connectivity index (χ2v) is 4.94. The van der Waals surface area contributed by atoms with Gasteiger partial charge in [0, 0.05) is 5.56 Å². The van der Waals surface area contributed by atoms with Crippen LogP contribution in [0.5, 0.6) is 0 Å². The van der Waals surface area contributed by atoms with Gasteiger partial charge in [-0.05, 0) is 51.7 Å². The van der Waals surface area contributed by atoms with Crippen LogP contribution in [0.1, 0.15) is 47.2 Å². The predicted molar refractivity (Wildman–Crippen MR) is 63.7 cm³/mol. The van der Waals surface area contributed by atoms with Gasteiger partial charge in [-0.1, -0.05) is 17.2 Å². The molecular weight excluding hydrogens is 200 g/mol. The highest BCUT2D eigenvalue weighted by Crippen LogP contribution is 2.32. The van der Waals surface area contributed by atoms with Crippen LogP contribution in [-0.2, 0) is 0 Å². The zero-order chi connectivity index (χ0) is 11.8. The lowest BCUT2D eigenvalue weighted by molar-refractivity contribution is 0.0353. The summed E-state index contributed by atoms with van der Waals surface area (Å²) in [5, 5.41) is 10.2. The highest BCUT2D eigenvalue weighted by molar-refractivity contribution is 6.02. The Morgan fingerprint density at radius 3 is 2.12 bits per heavy atom. The molecule has 86 valence electrons. The van der Waals surface area contributed by atoms with Crippen LogP contribution in [0.4, 0.5) is 0 Å². The lowest BCUT2D eigenvalue weighted by Crippen LogP contribution is -2.35. The van der Waals surface area contributed by atoms with Crippen molar-refractivity contribution in [3.63, 3.8) is 0 Å². The summed E-state index contributed by atoms with van der Waals surface area (Å²) >= 11 is 0. The Kier molecular flexibility index (Phi) is 2.85. The first-order valence-corrected chi connectivity index (χ1v) is 5.87. The first-order chi connectivity index (χ1) is 7.51. The highest BCUT2D eigenvalue weighted by Gasteiger charge is 2.39. The van der Waals surface area contributed by atoms with Crippen LogP contribution in [0.3, 0.4) is 0 Å². The Hall–Kier alpha value is -1.15. The standard InChI is InChI=1S/C14H18O2/c1-10-7-11(2)9-12(8-10)13(15)14(16)5-3-4-6-14/h7-9,16H,3-6H2,1-2H3. The molecule has 1 aliphatic rings. The van der Waals surface area contributed by atoms with Crippen LogP contribution < -0.4 is 0 Å². The van der Waals surface area contributed by atoms with Crippen molar-refractivity contribution < 1.29 is 9.90 Å². The minimum atomic E-state index is -1.10. The first kappa shape index (κ1) is 11.3. The van der Waals surface area contributed by atoms with Gasteiger partial charge in [-0.25, -0.2) is 0 Å². The zero-order valence-electron chi connectivity index (χ0n) is 9.92. The number of carbonyl (C=O) groups excluding carboxylic acids is 1. The number of Topliss-reactive ketones (excluding diaryl/α,β-unsaturated/α-hetero) is 1. The van der Waals surface area contributed by atoms with E-state index in [9.17, 15) is 9.90 Å². The lowest BCUT2D eigenvalue weighted by Gasteiger charge is -2.20. The molecule has 0 bridgehead atoms. The molecule has 1 saturated carbocycles. The summed E-state index contributed by atoms with van der Waals surface area (Å²) in [5.74, 6) is -0.100. The molecule has 2 nitrogen and oxygen atoms in total. The lowest BCUT2D eigenvalue weighted by atomic mass is 9.90. The van der Waals surface area contributed by atoms with Gasteiger partial charge in [0.15, 0.2) is 5.78 Å². The summed E-state index contributed by atoms with van der Waals surface area (Å²) < 4.78 is 0. The van der Waals surface area contributed by atoms with Gasteiger partial charge in [0.2, 0.25) is 0 Å². The van der Waals surface area contributed by atoms with E-state index < -0.39 is 5.60 Å². The van der Waals surface area contributed by atoms with E-state index in [2.05, 4.69) is 0 Å². The average molecular weight is 218 g/mol. The molecule has 0 atom stereocenters. The third kappa shape index (κ3) is 2.03. The van der Waals surface area contributed by atoms with Gasteiger partial charge >= 0.3 is 0 Å². The van der Waals surface area contributed by atoms with Crippen LogP contribution >= 0.6 is 0 Å². The minimum Gasteiger partial charge on any atom is -0.382 e. The number of rotatable bonds is 2. The number of aliphatic hydroxyl groups is 1. The molecule has 0 radical (unpaired) electrons. The van der Waals surface area contributed by atoms with Crippen LogP contribution in [0.25, 0.3) is 0 Å². The van der Waals surface area contributed by atoms with Crippen LogP contribution in [-0.4, -0.2) is 16.5 Å². The second kappa shape index (κ2) is 4.02. The zero-order valence-corrected chi connectivity index (χ0v) is 9.92.